The molecule has 2 heterocycles. The number of benzene rings is 1. The van der Waals surface area contributed by atoms with Crippen molar-refractivity contribution in [2.24, 2.45) is 5.73 Å². The molecule has 3 heteroatoms. The van der Waals surface area contributed by atoms with Crippen LogP contribution in [-0.4, -0.2) is 36.6 Å². The van der Waals surface area contributed by atoms with Crippen LogP contribution in [0.4, 0.5) is 5.69 Å². The van der Waals surface area contributed by atoms with Crippen LogP contribution in [0.25, 0.3) is 0 Å². The molecule has 116 valence electrons. The van der Waals surface area contributed by atoms with Gasteiger partial charge in [-0.25, -0.2) is 0 Å². The highest BCUT2D eigenvalue weighted by molar-refractivity contribution is 5.56. The number of piperidine rings is 1. The zero-order valence-electron chi connectivity index (χ0n) is 13.5. The molecule has 0 bridgehead atoms. The molecule has 1 aromatic rings. The smallest absolute Gasteiger partial charge is 0.0418 e. The van der Waals surface area contributed by atoms with Crippen LogP contribution >= 0.6 is 0 Å². The maximum absolute atomic E-state index is 6.34. The van der Waals surface area contributed by atoms with Crippen LogP contribution in [-0.2, 0) is 0 Å². The maximum atomic E-state index is 6.34. The van der Waals surface area contributed by atoms with Crippen molar-refractivity contribution < 1.29 is 0 Å². The molecule has 3 atom stereocenters. The molecule has 2 N–H and O–H groups in total. The lowest BCUT2D eigenvalue weighted by molar-refractivity contribution is 0.115. The van der Waals surface area contributed by atoms with E-state index >= 15 is 0 Å². The van der Waals surface area contributed by atoms with E-state index in [2.05, 4.69) is 47.9 Å². The van der Waals surface area contributed by atoms with Crippen molar-refractivity contribution in [1.29, 1.82) is 0 Å². The zero-order valence-corrected chi connectivity index (χ0v) is 13.5. The minimum absolute atomic E-state index is 0.151. The first-order valence-corrected chi connectivity index (χ1v) is 8.56. The van der Waals surface area contributed by atoms with Crippen LogP contribution in [0, 0.1) is 0 Å². The van der Waals surface area contributed by atoms with Crippen LogP contribution in [0.15, 0.2) is 24.3 Å². The Morgan fingerprint density at radius 1 is 1.24 bits per heavy atom. The van der Waals surface area contributed by atoms with Gasteiger partial charge in [0.15, 0.2) is 0 Å². The summed E-state index contributed by atoms with van der Waals surface area (Å²) < 4.78 is 0. The highest BCUT2D eigenvalue weighted by atomic mass is 15.3. The van der Waals surface area contributed by atoms with E-state index in [1.54, 1.807) is 0 Å². The summed E-state index contributed by atoms with van der Waals surface area (Å²) >= 11 is 0. The predicted octanol–water partition coefficient (Wildman–Crippen LogP) is 3.16. The minimum Gasteiger partial charge on any atom is -0.366 e. The molecule has 0 aliphatic carbocycles. The molecule has 0 amide bonds. The number of fused-ring (bicyclic) bond motifs is 1. The lowest BCUT2D eigenvalue weighted by Crippen LogP contribution is -2.59. The van der Waals surface area contributed by atoms with Crippen molar-refractivity contribution in [3.8, 4) is 0 Å². The standard InChI is InChI=1S/C18H29N3/c1-3-17(19)16-9-4-5-10-18(16)21-13-15-8-6-7-11-20(15)12-14(21)2/h4-5,9-10,14-15,17H,3,6-8,11-13,19H2,1-2H3/t14?,15?,17-/m0/s1. The molecule has 0 saturated carbocycles. The number of para-hydroxylation sites is 1. The van der Waals surface area contributed by atoms with Gasteiger partial charge in [-0.2, -0.15) is 0 Å². The topological polar surface area (TPSA) is 32.5 Å². The molecule has 0 radical (unpaired) electrons. The lowest BCUT2D eigenvalue weighted by atomic mass is 9.95. The molecule has 0 aromatic heterocycles. The zero-order chi connectivity index (χ0) is 14.8. The molecule has 3 rings (SSSR count). The molecule has 21 heavy (non-hydrogen) atoms. The molecule has 2 unspecified atom stereocenters. The second-order valence-corrected chi connectivity index (χ2v) is 6.72. The van der Waals surface area contributed by atoms with Crippen molar-refractivity contribution in [3.63, 3.8) is 0 Å². The number of nitrogens with zero attached hydrogens (tertiary/aromatic N) is 2. The summed E-state index contributed by atoms with van der Waals surface area (Å²) in [6.45, 7) is 8.18. The summed E-state index contributed by atoms with van der Waals surface area (Å²) in [5.74, 6) is 0. The van der Waals surface area contributed by atoms with Gasteiger partial charge >= 0.3 is 0 Å². The largest absolute Gasteiger partial charge is 0.366 e. The molecule has 2 saturated heterocycles. The summed E-state index contributed by atoms with van der Waals surface area (Å²) in [6.07, 6.45) is 5.11. The monoisotopic (exact) mass is 287 g/mol. The summed E-state index contributed by atoms with van der Waals surface area (Å²) in [6, 6.07) is 10.2. The Morgan fingerprint density at radius 3 is 2.86 bits per heavy atom. The van der Waals surface area contributed by atoms with Crippen molar-refractivity contribution in [1.82, 2.24) is 4.90 Å². The summed E-state index contributed by atoms with van der Waals surface area (Å²) in [5, 5.41) is 0. The number of anilines is 1. The van der Waals surface area contributed by atoms with Gasteiger partial charge in [0.05, 0.1) is 0 Å². The Balaban J connectivity index is 1.86. The summed E-state index contributed by atoms with van der Waals surface area (Å²) in [7, 11) is 0. The molecule has 2 fully saturated rings. The third-order valence-electron chi connectivity index (χ3n) is 5.27. The first-order valence-electron chi connectivity index (χ1n) is 8.56. The summed E-state index contributed by atoms with van der Waals surface area (Å²) in [5.41, 5.74) is 9.02. The van der Waals surface area contributed by atoms with Gasteiger partial charge in [0.25, 0.3) is 0 Å². The van der Waals surface area contributed by atoms with E-state index in [0.29, 0.717) is 6.04 Å². The van der Waals surface area contributed by atoms with Crippen molar-refractivity contribution in [2.75, 3.05) is 24.5 Å². The van der Waals surface area contributed by atoms with Crippen LogP contribution in [0.5, 0.6) is 0 Å². The fourth-order valence-corrected chi connectivity index (χ4v) is 3.97. The van der Waals surface area contributed by atoms with Gasteiger partial charge in [0, 0.05) is 36.9 Å². The van der Waals surface area contributed by atoms with Crippen molar-refractivity contribution in [3.05, 3.63) is 29.8 Å². The van der Waals surface area contributed by atoms with E-state index in [4.69, 9.17) is 5.73 Å². The van der Waals surface area contributed by atoms with Gasteiger partial charge in [-0.3, -0.25) is 4.90 Å². The van der Waals surface area contributed by atoms with Gasteiger partial charge < -0.3 is 10.6 Å². The summed E-state index contributed by atoms with van der Waals surface area (Å²) in [4.78, 5) is 5.31. The average molecular weight is 287 g/mol. The predicted molar refractivity (Wildman–Crippen MR) is 89.7 cm³/mol. The molecule has 3 nitrogen and oxygen atoms in total. The minimum atomic E-state index is 0.151. The maximum Gasteiger partial charge on any atom is 0.0418 e. The first-order chi connectivity index (χ1) is 10.2. The second kappa shape index (κ2) is 6.37. The van der Waals surface area contributed by atoms with Crippen LogP contribution < -0.4 is 10.6 Å². The van der Waals surface area contributed by atoms with Gasteiger partial charge in [0.1, 0.15) is 0 Å². The first kappa shape index (κ1) is 14.9. The number of hydrogen-bond acceptors (Lipinski definition) is 3. The number of nitrogens with two attached hydrogens (primary N) is 1. The van der Waals surface area contributed by atoms with Crippen molar-refractivity contribution >= 4 is 5.69 Å². The normalized spacial score (nSPS) is 28.2. The number of hydrogen-bond donors (Lipinski definition) is 1. The van der Waals surface area contributed by atoms with E-state index in [9.17, 15) is 0 Å². The molecule has 1 aromatic carbocycles. The number of rotatable bonds is 3. The van der Waals surface area contributed by atoms with Gasteiger partial charge in [0.2, 0.25) is 0 Å². The molecule has 2 aliphatic heterocycles. The molecular weight excluding hydrogens is 258 g/mol. The average Bonchev–Trinajstić information content (AvgIpc) is 2.53. The van der Waals surface area contributed by atoms with Crippen LogP contribution in [0.3, 0.4) is 0 Å². The Morgan fingerprint density at radius 2 is 2.05 bits per heavy atom. The molecule has 0 spiro atoms. The quantitative estimate of drug-likeness (QED) is 0.927. The van der Waals surface area contributed by atoms with E-state index in [1.165, 1.54) is 43.6 Å². The van der Waals surface area contributed by atoms with Gasteiger partial charge in [-0.15, -0.1) is 0 Å². The molecular formula is C18H29N3. The lowest BCUT2D eigenvalue weighted by Gasteiger charge is -2.49. The Kier molecular flexibility index (Phi) is 4.51. The third kappa shape index (κ3) is 2.95. The second-order valence-electron chi connectivity index (χ2n) is 6.72. The van der Waals surface area contributed by atoms with E-state index in [0.717, 1.165) is 19.0 Å². The van der Waals surface area contributed by atoms with Crippen LogP contribution in [0.2, 0.25) is 0 Å². The fourth-order valence-electron chi connectivity index (χ4n) is 3.97. The number of piperazine rings is 1. The van der Waals surface area contributed by atoms with Gasteiger partial charge in [-0.05, 0) is 44.4 Å². The Hall–Kier alpha value is -1.06. The van der Waals surface area contributed by atoms with Crippen molar-refractivity contribution in [2.45, 2.75) is 57.7 Å². The van der Waals surface area contributed by atoms with E-state index in [-0.39, 0.29) is 6.04 Å². The Labute approximate surface area is 129 Å². The Bertz CT molecular complexity index is 473. The van der Waals surface area contributed by atoms with E-state index < -0.39 is 0 Å². The molecule has 2 aliphatic rings. The SMILES string of the molecule is CC[C@H](N)c1ccccc1N1CC2CCCCN2CC1C. The highest BCUT2D eigenvalue weighted by Gasteiger charge is 2.33. The fraction of sp³-hybridized carbons (Fsp3) is 0.667. The van der Waals surface area contributed by atoms with Crippen LogP contribution in [0.1, 0.15) is 51.1 Å². The van der Waals surface area contributed by atoms with E-state index in [1.807, 2.05) is 0 Å². The third-order valence-corrected chi connectivity index (χ3v) is 5.27. The highest BCUT2D eigenvalue weighted by Crippen LogP contribution is 2.32. The van der Waals surface area contributed by atoms with Gasteiger partial charge in [-0.1, -0.05) is 31.5 Å².